The van der Waals surface area contributed by atoms with Gasteiger partial charge in [-0.3, -0.25) is 0 Å². The first-order valence-corrected chi connectivity index (χ1v) is 5.34. The lowest BCUT2D eigenvalue weighted by atomic mass is 10.3. The Bertz CT molecular complexity index is 345. The summed E-state index contributed by atoms with van der Waals surface area (Å²) in [4.78, 5) is 10.8. The zero-order valence-corrected chi connectivity index (χ0v) is 10.4. The van der Waals surface area contributed by atoms with E-state index in [1.165, 1.54) is 6.07 Å². The highest BCUT2D eigenvalue weighted by atomic mass is 127. The van der Waals surface area contributed by atoms with Gasteiger partial charge in [-0.25, -0.2) is 4.79 Å². The number of aliphatic hydroxyl groups excluding tert-OH is 1. The number of hydrogen-bond donors (Lipinski definition) is 1. The van der Waals surface area contributed by atoms with E-state index in [9.17, 15) is 4.79 Å². The summed E-state index contributed by atoms with van der Waals surface area (Å²) in [7, 11) is 0. The van der Waals surface area contributed by atoms with Crippen LogP contribution < -0.4 is 4.74 Å². The van der Waals surface area contributed by atoms with E-state index in [-0.39, 0.29) is 10.8 Å². The van der Waals surface area contributed by atoms with E-state index in [1.807, 2.05) is 22.6 Å². The second kappa shape index (κ2) is 5.16. The molecule has 6 heteroatoms. The zero-order chi connectivity index (χ0) is 10.7. The van der Waals surface area contributed by atoms with Crippen LogP contribution in [0.25, 0.3) is 0 Å². The zero-order valence-electron chi connectivity index (χ0n) is 6.76. The van der Waals surface area contributed by atoms with Crippen LogP contribution in [-0.4, -0.2) is 17.7 Å². The van der Waals surface area contributed by atoms with E-state index < -0.39 is 12.6 Å². The number of hydrogen-bond acceptors (Lipinski definition) is 3. The molecule has 1 N–H and O–H groups in total. The van der Waals surface area contributed by atoms with Crippen molar-refractivity contribution in [2.24, 2.45) is 0 Å². The van der Waals surface area contributed by atoms with E-state index in [4.69, 9.17) is 33.0 Å². The molecule has 0 saturated heterocycles. The van der Waals surface area contributed by atoms with Crippen LogP contribution in [0.1, 0.15) is 0 Å². The van der Waals surface area contributed by atoms with Crippen LogP contribution in [0.15, 0.2) is 12.1 Å². The van der Waals surface area contributed by atoms with Crippen molar-refractivity contribution in [2.45, 2.75) is 0 Å². The van der Waals surface area contributed by atoms with Gasteiger partial charge in [-0.1, -0.05) is 23.2 Å². The average molecular weight is 347 g/mol. The first-order valence-electron chi connectivity index (χ1n) is 3.50. The topological polar surface area (TPSA) is 46.5 Å². The summed E-state index contributed by atoms with van der Waals surface area (Å²) in [5, 5.41) is 9.19. The van der Waals surface area contributed by atoms with Crippen molar-refractivity contribution < 1.29 is 14.6 Å². The van der Waals surface area contributed by atoms with E-state index in [0.717, 1.165) is 0 Å². The summed E-state index contributed by atoms with van der Waals surface area (Å²) < 4.78 is 5.41. The van der Waals surface area contributed by atoms with Crippen LogP contribution in [0.3, 0.4) is 0 Å². The van der Waals surface area contributed by atoms with Crippen molar-refractivity contribution in [2.75, 3.05) is 6.61 Å². The molecule has 0 heterocycles. The van der Waals surface area contributed by atoms with E-state index in [1.54, 1.807) is 6.07 Å². The molecule has 0 radical (unpaired) electrons. The van der Waals surface area contributed by atoms with Crippen molar-refractivity contribution in [1.29, 1.82) is 0 Å². The molecule has 3 nitrogen and oxygen atoms in total. The molecule has 1 aromatic carbocycles. The summed E-state index contributed by atoms with van der Waals surface area (Å²) >= 11 is 13.4. The highest BCUT2D eigenvalue weighted by Crippen LogP contribution is 2.33. The Kier molecular flexibility index (Phi) is 4.43. The fourth-order valence-corrected chi connectivity index (χ4v) is 2.38. The average Bonchev–Trinajstić information content (AvgIpc) is 2.10. The second-order valence-corrected chi connectivity index (χ2v) is 4.34. The molecule has 0 aliphatic rings. The number of halogens is 3. The van der Waals surface area contributed by atoms with Gasteiger partial charge in [0.25, 0.3) is 0 Å². The summed E-state index contributed by atoms with van der Waals surface area (Å²) in [6.45, 7) is -0.685. The molecule has 0 amide bonds. The molecule has 1 aromatic rings. The maximum absolute atomic E-state index is 10.8. The monoisotopic (exact) mass is 346 g/mol. The van der Waals surface area contributed by atoms with Crippen molar-refractivity contribution in [3.05, 3.63) is 25.7 Å². The molecule has 1 rings (SSSR count). The number of carbonyl (C=O) groups is 1. The van der Waals surface area contributed by atoms with Crippen LogP contribution in [0.4, 0.5) is 0 Å². The van der Waals surface area contributed by atoms with E-state index >= 15 is 0 Å². The van der Waals surface area contributed by atoms with Crippen LogP contribution in [0.5, 0.6) is 5.75 Å². The number of benzene rings is 1. The Morgan fingerprint density at radius 2 is 2.14 bits per heavy atom. The molecular weight excluding hydrogens is 342 g/mol. The lowest BCUT2D eigenvalue weighted by Crippen LogP contribution is -2.13. The number of rotatable bonds is 2. The summed E-state index contributed by atoms with van der Waals surface area (Å²) in [5.41, 5.74) is 0. The molecule has 0 bridgehead atoms. The standard InChI is InChI=1S/C8H5Cl2IO3/c9-4-1-5(10)8(6(11)2-4)14-7(13)3-12/h1-2,12H,3H2. The molecule has 0 fully saturated rings. The Hall–Kier alpha value is -0.0400. The van der Waals surface area contributed by atoms with Gasteiger partial charge in [0.1, 0.15) is 6.61 Å². The van der Waals surface area contributed by atoms with Crippen molar-refractivity contribution >= 4 is 51.8 Å². The normalized spacial score (nSPS) is 10.0. The SMILES string of the molecule is O=C(CO)Oc1c(Cl)cc(Cl)cc1I. The van der Waals surface area contributed by atoms with Crippen LogP contribution in [0, 0.1) is 3.57 Å². The van der Waals surface area contributed by atoms with Gasteiger partial charge in [-0.2, -0.15) is 0 Å². The predicted molar refractivity (Wildman–Crippen MR) is 61.9 cm³/mol. The third-order valence-electron chi connectivity index (χ3n) is 1.31. The molecular formula is C8H5Cl2IO3. The first kappa shape index (κ1) is 12.0. The fourth-order valence-electron chi connectivity index (χ4n) is 0.773. The van der Waals surface area contributed by atoms with Gasteiger partial charge in [-0.15, -0.1) is 0 Å². The van der Waals surface area contributed by atoms with Crippen LogP contribution in [0.2, 0.25) is 10.0 Å². The minimum atomic E-state index is -0.757. The van der Waals surface area contributed by atoms with Crippen molar-refractivity contribution in [3.8, 4) is 5.75 Å². The van der Waals surface area contributed by atoms with Gasteiger partial charge in [0.05, 0.1) is 8.59 Å². The molecule has 0 atom stereocenters. The van der Waals surface area contributed by atoms with Crippen molar-refractivity contribution in [1.82, 2.24) is 0 Å². The minimum Gasteiger partial charge on any atom is -0.422 e. The molecule has 0 spiro atoms. The summed E-state index contributed by atoms with van der Waals surface area (Å²) in [6, 6.07) is 3.07. The number of aliphatic hydroxyl groups is 1. The Labute approximate surface area is 104 Å². The second-order valence-electron chi connectivity index (χ2n) is 2.33. The number of ether oxygens (including phenoxy) is 1. The Balaban J connectivity index is 3.02. The maximum atomic E-state index is 10.8. The van der Waals surface area contributed by atoms with E-state index in [0.29, 0.717) is 8.59 Å². The fraction of sp³-hybridized carbons (Fsp3) is 0.125. The van der Waals surface area contributed by atoms with Crippen LogP contribution in [-0.2, 0) is 4.79 Å². The van der Waals surface area contributed by atoms with Gasteiger partial charge in [0, 0.05) is 5.02 Å². The molecule has 76 valence electrons. The van der Waals surface area contributed by atoms with E-state index in [2.05, 4.69) is 0 Å². The quantitative estimate of drug-likeness (QED) is 0.508. The van der Waals surface area contributed by atoms with Gasteiger partial charge in [0.15, 0.2) is 5.75 Å². The Morgan fingerprint density at radius 1 is 1.50 bits per heavy atom. The van der Waals surface area contributed by atoms with Gasteiger partial charge < -0.3 is 9.84 Å². The van der Waals surface area contributed by atoms with Gasteiger partial charge in [-0.05, 0) is 34.7 Å². The number of carbonyl (C=O) groups excluding carboxylic acids is 1. The third-order valence-corrected chi connectivity index (χ3v) is 2.61. The highest BCUT2D eigenvalue weighted by molar-refractivity contribution is 14.1. The molecule has 14 heavy (non-hydrogen) atoms. The van der Waals surface area contributed by atoms with Crippen molar-refractivity contribution in [3.63, 3.8) is 0 Å². The molecule has 0 aliphatic heterocycles. The first-order chi connectivity index (χ1) is 6.54. The smallest absolute Gasteiger partial charge is 0.337 e. The molecule has 0 aliphatic carbocycles. The minimum absolute atomic E-state index is 0.218. The van der Waals surface area contributed by atoms with Gasteiger partial charge in [0.2, 0.25) is 0 Å². The lowest BCUT2D eigenvalue weighted by molar-refractivity contribution is -0.137. The Morgan fingerprint density at radius 3 is 2.64 bits per heavy atom. The van der Waals surface area contributed by atoms with Gasteiger partial charge >= 0.3 is 5.97 Å². The molecule has 0 aromatic heterocycles. The molecule has 0 unspecified atom stereocenters. The largest absolute Gasteiger partial charge is 0.422 e. The number of esters is 1. The third kappa shape index (κ3) is 2.98. The predicted octanol–water partition coefficient (Wildman–Crippen LogP) is 2.50. The lowest BCUT2D eigenvalue weighted by Gasteiger charge is -2.07. The maximum Gasteiger partial charge on any atom is 0.337 e. The molecule has 0 saturated carbocycles. The summed E-state index contributed by atoms with van der Waals surface area (Å²) in [5.74, 6) is -0.539. The summed E-state index contributed by atoms with van der Waals surface area (Å²) in [6.07, 6.45) is 0. The highest BCUT2D eigenvalue weighted by Gasteiger charge is 2.12. The van der Waals surface area contributed by atoms with Crippen LogP contribution >= 0.6 is 45.8 Å².